The van der Waals surface area contributed by atoms with Crippen LogP contribution in [0.3, 0.4) is 0 Å². The van der Waals surface area contributed by atoms with Gasteiger partial charge in [-0.1, -0.05) is 6.07 Å². The van der Waals surface area contributed by atoms with Crippen molar-refractivity contribution in [2.45, 2.75) is 0 Å². The molecular formula is C19H19BrO6. The second-order valence-corrected chi connectivity index (χ2v) is 5.89. The number of hydrogen-bond acceptors (Lipinski definition) is 6. The molecule has 2 aromatic rings. The number of allylic oxidation sites excluding steroid dienone is 1. The highest BCUT2D eigenvalue weighted by Crippen LogP contribution is 2.42. The zero-order valence-corrected chi connectivity index (χ0v) is 16.4. The van der Waals surface area contributed by atoms with Gasteiger partial charge in [0.1, 0.15) is 38.8 Å². The molecule has 2 rings (SSSR count). The van der Waals surface area contributed by atoms with Crippen LogP contribution in [0.15, 0.2) is 34.8 Å². The van der Waals surface area contributed by atoms with Crippen LogP contribution >= 0.6 is 15.9 Å². The van der Waals surface area contributed by atoms with Crippen molar-refractivity contribution in [1.29, 1.82) is 0 Å². The summed E-state index contributed by atoms with van der Waals surface area (Å²) in [5, 5.41) is 10.4. The first-order valence-electron chi connectivity index (χ1n) is 7.55. The summed E-state index contributed by atoms with van der Waals surface area (Å²) in [6, 6.07) is 6.82. The monoisotopic (exact) mass is 422 g/mol. The number of hydrogen-bond donors (Lipinski definition) is 1. The Balaban J connectivity index is 2.49. The maximum atomic E-state index is 12.7. The zero-order valence-electron chi connectivity index (χ0n) is 14.8. The van der Waals surface area contributed by atoms with Crippen LogP contribution < -0.4 is 18.9 Å². The molecule has 0 radical (unpaired) electrons. The third-order valence-corrected chi connectivity index (χ3v) is 4.49. The number of carbonyl (C=O) groups excluding carboxylic acids is 1. The van der Waals surface area contributed by atoms with E-state index in [4.69, 9.17) is 18.9 Å². The van der Waals surface area contributed by atoms with E-state index in [1.165, 1.54) is 40.6 Å². The van der Waals surface area contributed by atoms with E-state index in [0.717, 1.165) is 0 Å². The van der Waals surface area contributed by atoms with Crippen molar-refractivity contribution in [2.24, 2.45) is 0 Å². The number of ether oxygens (including phenoxy) is 4. The Hall–Kier alpha value is -2.67. The summed E-state index contributed by atoms with van der Waals surface area (Å²) < 4.78 is 21.2. The summed E-state index contributed by atoms with van der Waals surface area (Å²) in [5.74, 6) is 0.954. The number of phenols is 1. The second-order valence-electron chi connectivity index (χ2n) is 5.09. The average Bonchev–Trinajstić information content (AvgIpc) is 2.67. The van der Waals surface area contributed by atoms with Gasteiger partial charge in [0, 0.05) is 6.07 Å². The van der Waals surface area contributed by atoms with Crippen LogP contribution in [0.1, 0.15) is 15.9 Å². The van der Waals surface area contributed by atoms with Crippen LogP contribution in [0.4, 0.5) is 0 Å². The van der Waals surface area contributed by atoms with E-state index in [2.05, 4.69) is 15.9 Å². The Morgan fingerprint density at radius 1 is 0.962 bits per heavy atom. The maximum Gasteiger partial charge on any atom is 0.193 e. The maximum absolute atomic E-state index is 12.7. The van der Waals surface area contributed by atoms with Gasteiger partial charge in [-0.2, -0.15) is 0 Å². The predicted octanol–water partition coefficient (Wildman–Crippen LogP) is 4.09. The van der Waals surface area contributed by atoms with Gasteiger partial charge in [-0.05, 0) is 40.2 Å². The molecule has 6 nitrogen and oxygen atoms in total. The molecule has 0 fully saturated rings. The van der Waals surface area contributed by atoms with Crippen LogP contribution in [0.2, 0.25) is 0 Å². The first-order chi connectivity index (χ1) is 12.5. The van der Waals surface area contributed by atoms with Crippen LogP contribution in [-0.2, 0) is 0 Å². The molecule has 0 spiro atoms. The molecule has 138 valence electrons. The fourth-order valence-corrected chi connectivity index (χ4v) is 2.91. The average molecular weight is 423 g/mol. The summed E-state index contributed by atoms with van der Waals surface area (Å²) in [4.78, 5) is 12.7. The van der Waals surface area contributed by atoms with Gasteiger partial charge in [0.2, 0.25) is 0 Å². The zero-order chi connectivity index (χ0) is 19.3. The standard InChI is InChI=1S/C19H19BrO6/c1-23-13-6-5-7-14(24-2)11(13)8-9-12(21)17-15(25-3)10-16(26-4)18(20)19(17)22/h5-10,22H,1-4H3/b9-8+. The molecule has 2 aromatic carbocycles. The highest BCUT2D eigenvalue weighted by atomic mass is 79.9. The van der Waals surface area contributed by atoms with Gasteiger partial charge in [-0.25, -0.2) is 0 Å². The fourth-order valence-electron chi connectivity index (χ4n) is 2.43. The number of methoxy groups -OCH3 is 4. The lowest BCUT2D eigenvalue weighted by atomic mass is 10.1. The molecule has 0 heterocycles. The number of halogens is 1. The molecule has 0 aliphatic carbocycles. The molecule has 1 N–H and O–H groups in total. The van der Waals surface area contributed by atoms with E-state index in [-0.39, 0.29) is 21.5 Å². The molecule has 0 unspecified atom stereocenters. The first-order valence-corrected chi connectivity index (χ1v) is 8.34. The molecule has 0 saturated heterocycles. The Bertz CT molecular complexity index is 822. The van der Waals surface area contributed by atoms with Crippen molar-refractivity contribution in [3.63, 3.8) is 0 Å². The number of aromatic hydroxyl groups is 1. The van der Waals surface area contributed by atoms with Gasteiger partial charge >= 0.3 is 0 Å². The summed E-state index contributed by atoms with van der Waals surface area (Å²) in [5.41, 5.74) is 0.627. The van der Waals surface area contributed by atoms with E-state index in [9.17, 15) is 9.90 Å². The third kappa shape index (κ3) is 3.77. The van der Waals surface area contributed by atoms with Crippen molar-refractivity contribution in [2.75, 3.05) is 28.4 Å². The lowest BCUT2D eigenvalue weighted by Crippen LogP contribution is -2.02. The van der Waals surface area contributed by atoms with Gasteiger partial charge in [-0.3, -0.25) is 4.79 Å². The van der Waals surface area contributed by atoms with Crippen molar-refractivity contribution in [1.82, 2.24) is 0 Å². The highest BCUT2D eigenvalue weighted by Gasteiger charge is 2.22. The summed E-state index contributed by atoms with van der Waals surface area (Å²) in [6.45, 7) is 0. The normalized spacial score (nSPS) is 10.7. The van der Waals surface area contributed by atoms with Gasteiger partial charge < -0.3 is 24.1 Å². The van der Waals surface area contributed by atoms with Crippen molar-refractivity contribution in [3.05, 3.63) is 45.9 Å². The largest absolute Gasteiger partial charge is 0.506 e. The van der Waals surface area contributed by atoms with Crippen molar-refractivity contribution in [3.8, 4) is 28.7 Å². The molecule has 0 aromatic heterocycles. The van der Waals surface area contributed by atoms with E-state index in [1.807, 2.05) is 0 Å². The van der Waals surface area contributed by atoms with Crippen molar-refractivity contribution < 1.29 is 28.8 Å². The number of rotatable bonds is 7. The minimum absolute atomic E-state index is 0.0188. The number of ketones is 1. The predicted molar refractivity (Wildman–Crippen MR) is 102 cm³/mol. The van der Waals surface area contributed by atoms with Crippen LogP contribution in [0, 0.1) is 0 Å². The lowest BCUT2D eigenvalue weighted by molar-refractivity contribution is 0.104. The van der Waals surface area contributed by atoms with Gasteiger partial charge in [0.15, 0.2) is 5.78 Å². The number of carbonyl (C=O) groups is 1. The molecule has 0 aliphatic rings. The quantitative estimate of drug-likeness (QED) is 0.534. The third-order valence-electron chi connectivity index (χ3n) is 3.72. The number of phenolic OH excluding ortho intramolecular Hbond substituents is 1. The molecule has 0 bridgehead atoms. The Labute approximate surface area is 160 Å². The first kappa shape index (κ1) is 19.7. The number of benzene rings is 2. The molecule has 0 amide bonds. The van der Waals surface area contributed by atoms with Crippen molar-refractivity contribution >= 4 is 27.8 Å². The second kappa shape index (κ2) is 8.62. The smallest absolute Gasteiger partial charge is 0.193 e. The van der Waals surface area contributed by atoms with E-state index in [0.29, 0.717) is 22.8 Å². The Morgan fingerprint density at radius 2 is 1.50 bits per heavy atom. The Kier molecular flexibility index (Phi) is 6.52. The summed E-state index contributed by atoms with van der Waals surface area (Å²) in [6.07, 6.45) is 2.88. The Morgan fingerprint density at radius 3 is 2.00 bits per heavy atom. The SMILES string of the molecule is COc1cc(OC)c(C(=O)/C=C/c2c(OC)cccc2OC)c(O)c1Br. The van der Waals surface area contributed by atoms with Gasteiger partial charge in [0.25, 0.3) is 0 Å². The minimum Gasteiger partial charge on any atom is -0.506 e. The van der Waals surface area contributed by atoms with Crippen LogP contribution in [0.25, 0.3) is 6.08 Å². The molecule has 26 heavy (non-hydrogen) atoms. The van der Waals surface area contributed by atoms with E-state index in [1.54, 1.807) is 24.3 Å². The van der Waals surface area contributed by atoms with Gasteiger partial charge in [-0.15, -0.1) is 0 Å². The van der Waals surface area contributed by atoms with Crippen LogP contribution in [-0.4, -0.2) is 39.3 Å². The van der Waals surface area contributed by atoms with E-state index < -0.39 is 5.78 Å². The van der Waals surface area contributed by atoms with Gasteiger partial charge in [0.05, 0.1) is 34.0 Å². The molecule has 7 heteroatoms. The summed E-state index contributed by atoms with van der Waals surface area (Å²) >= 11 is 3.22. The van der Waals surface area contributed by atoms with Crippen LogP contribution in [0.5, 0.6) is 28.7 Å². The molecular weight excluding hydrogens is 404 g/mol. The highest BCUT2D eigenvalue weighted by molar-refractivity contribution is 9.10. The summed E-state index contributed by atoms with van der Waals surface area (Å²) in [7, 11) is 5.92. The van der Waals surface area contributed by atoms with E-state index >= 15 is 0 Å². The lowest BCUT2D eigenvalue weighted by Gasteiger charge is -2.13. The molecule has 0 aliphatic heterocycles. The molecule has 0 saturated carbocycles. The fraction of sp³-hybridized carbons (Fsp3) is 0.211. The topological polar surface area (TPSA) is 74.2 Å². The molecule has 0 atom stereocenters. The minimum atomic E-state index is -0.448.